The molecule has 28 heavy (non-hydrogen) atoms. The summed E-state index contributed by atoms with van der Waals surface area (Å²) in [4.78, 5) is 24.7. The van der Waals surface area contributed by atoms with Gasteiger partial charge in [-0.2, -0.15) is 0 Å². The number of halogens is 1. The van der Waals surface area contributed by atoms with E-state index < -0.39 is 0 Å². The molecule has 0 spiro atoms. The Morgan fingerprint density at radius 2 is 1.82 bits per heavy atom. The van der Waals surface area contributed by atoms with Gasteiger partial charge in [0.05, 0.1) is 17.1 Å². The quantitative estimate of drug-likeness (QED) is 0.457. The van der Waals surface area contributed by atoms with Crippen LogP contribution < -0.4 is 16.0 Å². The molecule has 0 heterocycles. The van der Waals surface area contributed by atoms with Gasteiger partial charge >= 0.3 is 0 Å². The average molecular weight is 408 g/mol. The Kier molecular flexibility index (Phi) is 10.4. The van der Waals surface area contributed by atoms with Crippen molar-refractivity contribution in [3.63, 3.8) is 0 Å². The highest BCUT2D eigenvalue weighted by Gasteiger charge is 2.18. The average Bonchev–Trinajstić information content (AvgIpc) is 2.69. The van der Waals surface area contributed by atoms with Gasteiger partial charge in [-0.3, -0.25) is 9.59 Å². The molecule has 2 rings (SSSR count). The third-order valence-corrected chi connectivity index (χ3v) is 5.51. The summed E-state index contributed by atoms with van der Waals surface area (Å²) in [5.41, 5.74) is 1.00. The second-order valence-electron chi connectivity index (χ2n) is 7.64. The molecule has 6 heteroatoms. The first-order chi connectivity index (χ1) is 13.6. The molecule has 1 aromatic rings. The number of rotatable bonds is 11. The van der Waals surface area contributed by atoms with Crippen LogP contribution in [0.3, 0.4) is 0 Å². The van der Waals surface area contributed by atoms with Crippen molar-refractivity contribution in [2.75, 3.05) is 18.4 Å². The Hall–Kier alpha value is -1.59. The van der Waals surface area contributed by atoms with Gasteiger partial charge in [0.1, 0.15) is 0 Å². The van der Waals surface area contributed by atoms with Crippen LogP contribution in [0.4, 0.5) is 5.69 Å². The molecule has 1 saturated carbocycles. The van der Waals surface area contributed by atoms with Crippen LogP contribution in [-0.2, 0) is 4.79 Å². The van der Waals surface area contributed by atoms with E-state index in [0.29, 0.717) is 16.3 Å². The maximum Gasteiger partial charge on any atom is 0.253 e. The van der Waals surface area contributed by atoms with E-state index in [1.165, 1.54) is 32.1 Å². The molecule has 0 radical (unpaired) electrons. The number of carbonyl (C=O) groups is 2. The van der Waals surface area contributed by atoms with Crippen molar-refractivity contribution in [3.8, 4) is 0 Å². The number of amides is 2. The SMILES string of the molecule is CCCCCCCNCC(=O)Nc1ccc(Cl)c(C(=O)NC2CCCCC2)c1. The predicted octanol–water partition coefficient (Wildman–Crippen LogP) is 4.90. The molecule has 0 unspecified atom stereocenters. The fraction of sp³-hybridized carbons (Fsp3) is 0.636. The molecule has 0 bridgehead atoms. The molecular weight excluding hydrogens is 374 g/mol. The predicted molar refractivity (Wildman–Crippen MR) is 116 cm³/mol. The molecule has 0 atom stereocenters. The highest BCUT2D eigenvalue weighted by Crippen LogP contribution is 2.22. The zero-order valence-corrected chi connectivity index (χ0v) is 17.7. The molecule has 0 aliphatic heterocycles. The molecule has 1 fully saturated rings. The molecule has 1 aliphatic rings. The second kappa shape index (κ2) is 12.8. The second-order valence-corrected chi connectivity index (χ2v) is 8.05. The minimum atomic E-state index is -0.168. The van der Waals surface area contributed by atoms with Gasteiger partial charge in [-0.15, -0.1) is 0 Å². The lowest BCUT2D eigenvalue weighted by molar-refractivity contribution is -0.115. The van der Waals surface area contributed by atoms with Crippen molar-refractivity contribution >= 4 is 29.1 Å². The summed E-state index contributed by atoms with van der Waals surface area (Å²) in [6.07, 6.45) is 11.6. The minimum absolute atomic E-state index is 0.116. The summed E-state index contributed by atoms with van der Waals surface area (Å²) in [6, 6.07) is 5.26. The van der Waals surface area contributed by atoms with Gasteiger partial charge in [-0.25, -0.2) is 0 Å². The van der Waals surface area contributed by atoms with Crippen molar-refractivity contribution in [1.29, 1.82) is 0 Å². The molecule has 2 amide bonds. The fourth-order valence-electron chi connectivity index (χ4n) is 3.55. The van der Waals surface area contributed by atoms with Crippen molar-refractivity contribution in [2.45, 2.75) is 77.2 Å². The summed E-state index contributed by atoms with van der Waals surface area (Å²) in [7, 11) is 0. The standard InChI is InChI=1S/C22H34ClN3O2/c1-2-3-4-5-9-14-24-16-21(27)25-18-12-13-20(23)19(15-18)22(28)26-17-10-7-6-8-11-17/h12-13,15,17,24H,2-11,14,16H2,1H3,(H,25,27)(H,26,28). The largest absolute Gasteiger partial charge is 0.349 e. The number of anilines is 1. The van der Waals surface area contributed by atoms with Crippen molar-refractivity contribution in [1.82, 2.24) is 10.6 Å². The lowest BCUT2D eigenvalue weighted by Crippen LogP contribution is -2.36. The number of nitrogens with one attached hydrogen (secondary N) is 3. The Morgan fingerprint density at radius 1 is 1.07 bits per heavy atom. The van der Waals surface area contributed by atoms with Crippen LogP contribution >= 0.6 is 11.6 Å². The van der Waals surface area contributed by atoms with E-state index in [4.69, 9.17) is 11.6 Å². The first-order valence-corrected chi connectivity index (χ1v) is 11.1. The zero-order valence-electron chi connectivity index (χ0n) is 17.0. The van der Waals surface area contributed by atoms with Crippen LogP contribution in [0.25, 0.3) is 0 Å². The number of unbranched alkanes of at least 4 members (excludes halogenated alkanes) is 4. The zero-order chi connectivity index (χ0) is 20.2. The summed E-state index contributed by atoms with van der Waals surface area (Å²) < 4.78 is 0. The van der Waals surface area contributed by atoms with E-state index in [1.54, 1.807) is 18.2 Å². The van der Waals surface area contributed by atoms with E-state index in [9.17, 15) is 9.59 Å². The topological polar surface area (TPSA) is 70.2 Å². The van der Waals surface area contributed by atoms with Gasteiger partial charge in [-0.05, 0) is 44.0 Å². The van der Waals surface area contributed by atoms with Crippen molar-refractivity contribution < 1.29 is 9.59 Å². The van der Waals surface area contributed by atoms with Crippen LogP contribution in [0.5, 0.6) is 0 Å². The summed E-state index contributed by atoms with van der Waals surface area (Å²) >= 11 is 6.21. The van der Waals surface area contributed by atoms with E-state index in [2.05, 4.69) is 22.9 Å². The van der Waals surface area contributed by atoms with E-state index >= 15 is 0 Å². The third-order valence-electron chi connectivity index (χ3n) is 5.18. The molecule has 0 saturated heterocycles. The smallest absolute Gasteiger partial charge is 0.253 e. The maximum absolute atomic E-state index is 12.6. The highest BCUT2D eigenvalue weighted by atomic mass is 35.5. The van der Waals surface area contributed by atoms with Crippen LogP contribution in [0, 0.1) is 0 Å². The Balaban J connectivity index is 1.78. The van der Waals surface area contributed by atoms with E-state index in [-0.39, 0.29) is 24.4 Å². The first-order valence-electron chi connectivity index (χ1n) is 10.7. The summed E-state index contributed by atoms with van der Waals surface area (Å²) in [6.45, 7) is 3.30. The van der Waals surface area contributed by atoms with Gasteiger partial charge in [0.2, 0.25) is 5.91 Å². The Bertz CT molecular complexity index is 630. The molecule has 156 valence electrons. The Morgan fingerprint density at radius 3 is 2.57 bits per heavy atom. The minimum Gasteiger partial charge on any atom is -0.349 e. The van der Waals surface area contributed by atoms with Gasteiger partial charge in [0.15, 0.2) is 0 Å². The molecule has 5 nitrogen and oxygen atoms in total. The first kappa shape index (κ1) is 22.7. The molecule has 3 N–H and O–H groups in total. The Labute approximate surface area is 174 Å². The molecule has 0 aromatic heterocycles. The number of hydrogen-bond donors (Lipinski definition) is 3. The normalized spacial score (nSPS) is 14.6. The van der Waals surface area contributed by atoms with Crippen LogP contribution in [0.1, 0.15) is 81.5 Å². The number of carbonyl (C=O) groups excluding carboxylic acids is 2. The van der Waals surface area contributed by atoms with E-state index in [0.717, 1.165) is 38.6 Å². The lowest BCUT2D eigenvalue weighted by Gasteiger charge is -2.23. The monoisotopic (exact) mass is 407 g/mol. The van der Waals surface area contributed by atoms with Crippen LogP contribution in [0.2, 0.25) is 5.02 Å². The number of benzene rings is 1. The number of hydrogen-bond acceptors (Lipinski definition) is 3. The molecule has 1 aromatic carbocycles. The van der Waals surface area contributed by atoms with Gasteiger partial charge in [-0.1, -0.05) is 63.5 Å². The van der Waals surface area contributed by atoms with Crippen molar-refractivity contribution in [3.05, 3.63) is 28.8 Å². The lowest BCUT2D eigenvalue weighted by atomic mass is 9.95. The van der Waals surface area contributed by atoms with Crippen LogP contribution in [0.15, 0.2) is 18.2 Å². The molecular formula is C22H34ClN3O2. The molecule has 1 aliphatic carbocycles. The maximum atomic E-state index is 12.6. The van der Waals surface area contributed by atoms with Gasteiger partial charge < -0.3 is 16.0 Å². The summed E-state index contributed by atoms with van der Waals surface area (Å²) in [5.74, 6) is -0.285. The van der Waals surface area contributed by atoms with Crippen LogP contribution in [-0.4, -0.2) is 30.9 Å². The third kappa shape index (κ3) is 8.19. The van der Waals surface area contributed by atoms with Gasteiger partial charge in [0.25, 0.3) is 5.91 Å². The van der Waals surface area contributed by atoms with Gasteiger partial charge in [0, 0.05) is 11.7 Å². The van der Waals surface area contributed by atoms with Crippen molar-refractivity contribution in [2.24, 2.45) is 0 Å². The highest BCUT2D eigenvalue weighted by molar-refractivity contribution is 6.34. The summed E-state index contributed by atoms with van der Waals surface area (Å²) in [5, 5.41) is 9.48. The van der Waals surface area contributed by atoms with E-state index in [1.807, 2.05) is 0 Å². The fourth-order valence-corrected chi connectivity index (χ4v) is 3.75.